The lowest BCUT2D eigenvalue weighted by Crippen LogP contribution is -2.16. The lowest BCUT2D eigenvalue weighted by Gasteiger charge is -2.00. The SMILES string of the molecule is CNC(=S)c1cncc(F)c1. The zero-order valence-corrected chi connectivity index (χ0v) is 6.78. The van der Waals surface area contributed by atoms with Gasteiger partial charge < -0.3 is 5.32 Å². The molecule has 0 atom stereocenters. The molecule has 4 heteroatoms. The van der Waals surface area contributed by atoms with Crippen LogP contribution in [0, 0.1) is 5.82 Å². The molecule has 0 saturated heterocycles. The summed E-state index contributed by atoms with van der Waals surface area (Å²) in [6.07, 6.45) is 2.66. The van der Waals surface area contributed by atoms with Crippen LogP contribution in [0.3, 0.4) is 0 Å². The van der Waals surface area contributed by atoms with Gasteiger partial charge in [-0.25, -0.2) is 4.39 Å². The number of nitrogens with zero attached hydrogens (tertiary/aromatic N) is 1. The molecule has 1 N–H and O–H groups in total. The summed E-state index contributed by atoms with van der Waals surface area (Å²) in [6.45, 7) is 0. The molecule has 0 aliphatic heterocycles. The van der Waals surface area contributed by atoms with Gasteiger partial charge in [-0.05, 0) is 6.07 Å². The molecule has 11 heavy (non-hydrogen) atoms. The monoisotopic (exact) mass is 170 g/mol. The Bertz CT molecular complexity index is 275. The first kappa shape index (κ1) is 8.07. The second-order valence-corrected chi connectivity index (χ2v) is 2.38. The first-order chi connectivity index (χ1) is 5.24. The fraction of sp³-hybridized carbons (Fsp3) is 0.143. The van der Waals surface area contributed by atoms with Crippen LogP contribution in [0.1, 0.15) is 5.56 Å². The zero-order chi connectivity index (χ0) is 8.27. The van der Waals surface area contributed by atoms with E-state index in [0.717, 1.165) is 6.20 Å². The van der Waals surface area contributed by atoms with E-state index in [9.17, 15) is 4.39 Å². The Labute approximate surface area is 69.5 Å². The molecule has 1 heterocycles. The molecule has 2 nitrogen and oxygen atoms in total. The van der Waals surface area contributed by atoms with E-state index in [1.165, 1.54) is 12.3 Å². The third-order valence-corrected chi connectivity index (χ3v) is 1.63. The van der Waals surface area contributed by atoms with E-state index in [4.69, 9.17) is 12.2 Å². The Balaban J connectivity index is 2.96. The molecule has 1 aromatic rings. The lowest BCUT2D eigenvalue weighted by molar-refractivity contribution is 0.621. The topological polar surface area (TPSA) is 24.9 Å². The highest BCUT2D eigenvalue weighted by Gasteiger charge is 1.99. The van der Waals surface area contributed by atoms with Crippen LogP contribution in [-0.2, 0) is 0 Å². The Kier molecular flexibility index (Phi) is 2.48. The normalized spacial score (nSPS) is 9.27. The minimum Gasteiger partial charge on any atom is -0.379 e. The van der Waals surface area contributed by atoms with Crippen LogP contribution >= 0.6 is 12.2 Å². The van der Waals surface area contributed by atoms with Gasteiger partial charge in [-0.3, -0.25) is 4.98 Å². The van der Waals surface area contributed by atoms with Gasteiger partial charge in [-0.1, -0.05) is 12.2 Å². The molecule has 1 rings (SSSR count). The molecule has 0 saturated carbocycles. The van der Waals surface area contributed by atoms with Crippen molar-refractivity contribution < 1.29 is 4.39 Å². The number of pyridine rings is 1. The maximum Gasteiger partial charge on any atom is 0.142 e. The Hall–Kier alpha value is -1.03. The van der Waals surface area contributed by atoms with Gasteiger partial charge in [0, 0.05) is 18.8 Å². The van der Waals surface area contributed by atoms with Crippen molar-refractivity contribution >= 4 is 17.2 Å². The molecule has 0 fully saturated rings. The number of hydrogen-bond donors (Lipinski definition) is 1. The number of halogens is 1. The smallest absolute Gasteiger partial charge is 0.142 e. The average molecular weight is 170 g/mol. The van der Waals surface area contributed by atoms with Crippen LogP contribution in [0.4, 0.5) is 4.39 Å². The molecule has 0 bridgehead atoms. The van der Waals surface area contributed by atoms with Crippen molar-refractivity contribution in [3.8, 4) is 0 Å². The van der Waals surface area contributed by atoms with Crippen LogP contribution in [0.2, 0.25) is 0 Å². The molecule has 0 unspecified atom stereocenters. The third-order valence-electron chi connectivity index (χ3n) is 1.19. The minimum atomic E-state index is -0.375. The quantitative estimate of drug-likeness (QED) is 0.639. The Morgan fingerprint density at radius 2 is 2.36 bits per heavy atom. The zero-order valence-electron chi connectivity index (χ0n) is 5.97. The summed E-state index contributed by atoms with van der Waals surface area (Å²) < 4.78 is 12.5. The first-order valence-electron chi connectivity index (χ1n) is 3.06. The van der Waals surface area contributed by atoms with E-state index in [0.29, 0.717) is 10.6 Å². The molecule has 1 aromatic heterocycles. The lowest BCUT2D eigenvalue weighted by atomic mass is 10.3. The molecule has 0 amide bonds. The second kappa shape index (κ2) is 3.39. The molecule has 0 aromatic carbocycles. The predicted octanol–water partition coefficient (Wildman–Crippen LogP) is 1.12. The van der Waals surface area contributed by atoms with Crippen molar-refractivity contribution in [2.45, 2.75) is 0 Å². The van der Waals surface area contributed by atoms with E-state index in [1.807, 2.05) is 0 Å². The number of rotatable bonds is 1. The van der Waals surface area contributed by atoms with Crippen molar-refractivity contribution in [2.75, 3.05) is 7.05 Å². The van der Waals surface area contributed by atoms with E-state index in [-0.39, 0.29) is 5.82 Å². The standard InChI is InChI=1S/C7H7FN2S/c1-9-7(11)5-2-6(8)4-10-3-5/h2-4H,1H3,(H,9,11). The van der Waals surface area contributed by atoms with Gasteiger partial charge in [0.05, 0.1) is 6.20 Å². The van der Waals surface area contributed by atoms with Gasteiger partial charge in [0.2, 0.25) is 0 Å². The third kappa shape index (κ3) is 1.94. The van der Waals surface area contributed by atoms with E-state index in [1.54, 1.807) is 7.05 Å². The average Bonchev–Trinajstić information content (AvgIpc) is 2.03. The summed E-state index contributed by atoms with van der Waals surface area (Å²) in [6, 6.07) is 1.34. The number of hydrogen-bond acceptors (Lipinski definition) is 2. The van der Waals surface area contributed by atoms with Crippen molar-refractivity contribution in [1.82, 2.24) is 10.3 Å². The Morgan fingerprint density at radius 1 is 1.64 bits per heavy atom. The van der Waals surface area contributed by atoms with Crippen molar-refractivity contribution in [2.24, 2.45) is 0 Å². The second-order valence-electron chi connectivity index (χ2n) is 1.97. The van der Waals surface area contributed by atoms with Gasteiger partial charge >= 0.3 is 0 Å². The molecular formula is C7H7FN2S. The van der Waals surface area contributed by atoms with Crippen LogP contribution < -0.4 is 5.32 Å². The maximum atomic E-state index is 12.5. The van der Waals surface area contributed by atoms with E-state index < -0.39 is 0 Å². The van der Waals surface area contributed by atoms with Crippen LogP contribution in [0.15, 0.2) is 18.5 Å². The summed E-state index contributed by atoms with van der Waals surface area (Å²) in [7, 11) is 1.69. The Morgan fingerprint density at radius 3 is 2.91 bits per heavy atom. The minimum absolute atomic E-state index is 0.375. The van der Waals surface area contributed by atoms with Gasteiger partial charge in [0.25, 0.3) is 0 Å². The predicted molar refractivity (Wildman–Crippen MR) is 45.0 cm³/mol. The van der Waals surface area contributed by atoms with Crippen molar-refractivity contribution in [1.29, 1.82) is 0 Å². The highest BCUT2D eigenvalue weighted by Crippen LogP contribution is 2.00. The largest absolute Gasteiger partial charge is 0.379 e. The highest BCUT2D eigenvalue weighted by atomic mass is 32.1. The summed E-state index contributed by atoms with van der Waals surface area (Å²) >= 11 is 4.86. The molecule has 0 spiro atoms. The van der Waals surface area contributed by atoms with Crippen molar-refractivity contribution in [3.05, 3.63) is 29.8 Å². The number of thiocarbonyl (C=S) groups is 1. The molecule has 58 valence electrons. The fourth-order valence-corrected chi connectivity index (χ4v) is 0.792. The van der Waals surface area contributed by atoms with Gasteiger partial charge in [-0.15, -0.1) is 0 Å². The highest BCUT2D eigenvalue weighted by molar-refractivity contribution is 7.80. The van der Waals surface area contributed by atoms with Crippen LogP contribution in [-0.4, -0.2) is 17.0 Å². The van der Waals surface area contributed by atoms with Crippen molar-refractivity contribution in [3.63, 3.8) is 0 Å². The van der Waals surface area contributed by atoms with E-state index >= 15 is 0 Å². The summed E-state index contributed by atoms with van der Waals surface area (Å²) in [5.74, 6) is -0.375. The van der Waals surface area contributed by atoms with E-state index in [2.05, 4.69) is 10.3 Å². The summed E-state index contributed by atoms with van der Waals surface area (Å²) in [4.78, 5) is 4.15. The van der Waals surface area contributed by atoms with Crippen LogP contribution in [0.25, 0.3) is 0 Å². The maximum absolute atomic E-state index is 12.5. The van der Waals surface area contributed by atoms with Gasteiger partial charge in [0.15, 0.2) is 0 Å². The summed E-state index contributed by atoms with van der Waals surface area (Å²) in [5.41, 5.74) is 0.600. The van der Waals surface area contributed by atoms with Gasteiger partial charge in [0.1, 0.15) is 10.8 Å². The molecule has 0 aliphatic carbocycles. The summed E-state index contributed by atoms with van der Waals surface area (Å²) in [5, 5.41) is 2.73. The number of aromatic nitrogens is 1. The molecular weight excluding hydrogens is 163 g/mol. The molecule has 0 aliphatic rings. The number of nitrogens with one attached hydrogen (secondary N) is 1. The van der Waals surface area contributed by atoms with Crippen LogP contribution in [0.5, 0.6) is 0 Å². The fourth-order valence-electron chi connectivity index (χ4n) is 0.680. The molecule has 0 radical (unpaired) electrons. The van der Waals surface area contributed by atoms with Gasteiger partial charge in [-0.2, -0.15) is 0 Å². The first-order valence-corrected chi connectivity index (χ1v) is 3.47.